The Morgan fingerprint density at radius 3 is 2.60 bits per heavy atom. The first-order valence-electron chi connectivity index (χ1n) is 9.70. The molecule has 0 aromatic carbocycles. The summed E-state index contributed by atoms with van der Waals surface area (Å²) >= 11 is 1.70. The van der Waals surface area contributed by atoms with Crippen LogP contribution >= 0.6 is 11.8 Å². The molecule has 0 heterocycles. The molecule has 0 amide bonds. The lowest BCUT2D eigenvalue weighted by Gasteiger charge is -2.19. The largest absolute Gasteiger partial charge is 0.481 e. The lowest BCUT2D eigenvalue weighted by atomic mass is 9.96. The summed E-state index contributed by atoms with van der Waals surface area (Å²) in [5.74, 6) is -0.0865. The summed E-state index contributed by atoms with van der Waals surface area (Å²) in [5.41, 5.74) is 0. The smallest absolute Gasteiger partial charge is 0.306 e. The molecule has 2 N–H and O–H groups in total. The standard InChI is InChI=1S/C20H34O4S/c1-3-4-6-10-16(21)14-25-19-13-12-18(22)17(19)11-8-5-7-9-15(2)20(23)24/h12-13,15-17,19,21H,3-11,14H2,1-2H3,(H,23,24). The normalized spacial score (nSPS) is 22.3. The molecule has 5 heteroatoms. The third kappa shape index (κ3) is 8.91. The third-order valence-electron chi connectivity index (χ3n) is 4.91. The fourth-order valence-corrected chi connectivity index (χ4v) is 4.44. The van der Waals surface area contributed by atoms with Crippen molar-refractivity contribution in [3.05, 3.63) is 12.2 Å². The molecule has 4 atom stereocenters. The Morgan fingerprint density at radius 2 is 1.92 bits per heavy atom. The predicted octanol–water partition coefficient (Wildman–Crippen LogP) is 4.46. The number of rotatable bonds is 14. The summed E-state index contributed by atoms with van der Waals surface area (Å²) in [5, 5.41) is 19.1. The molecule has 1 rings (SSSR count). The summed E-state index contributed by atoms with van der Waals surface area (Å²) in [6.45, 7) is 3.90. The van der Waals surface area contributed by atoms with Crippen molar-refractivity contribution in [1.29, 1.82) is 0 Å². The summed E-state index contributed by atoms with van der Waals surface area (Å²) in [7, 11) is 0. The van der Waals surface area contributed by atoms with E-state index in [4.69, 9.17) is 5.11 Å². The molecule has 0 aromatic heterocycles. The van der Waals surface area contributed by atoms with Crippen LogP contribution in [0.2, 0.25) is 0 Å². The molecule has 4 unspecified atom stereocenters. The van der Waals surface area contributed by atoms with E-state index in [1.54, 1.807) is 24.8 Å². The van der Waals surface area contributed by atoms with Gasteiger partial charge in [0, 0.05) is 16.9 Å². The van der Waals surface area contributed by atoms with E-state index in [1.165, 1.54) is 0 Å². The van der Waals surface area contributed by atoms with Crippen LogP contribution in [0.5, 0.6) is 0 Å². The highest BCUT2D eigenvalue weighted by Crippen LogP contribution is 2.32. The lowest BCUT2D eigenvalue weighted by Crippen LogP contribution is -2.20. The van der Waals surface area contributed by atoms with Gasteiger partial charge in [0.25, 0.3) is 0 Å². The summed E-state index contributed by atoms with van der Waals surface area (Å²) < 4.78 is 0. The highest BCUT2D eigenvalue weighted by Gasteiger charge is 2.30. The Bertz CT molecular complexity index is 435. The van der Waals surface area contributed by atoms with E-state index < -0.39 is 5.97 Å². The molecule has 4 nitrogen and oxygen atoms in total. The van der Waals surface area contributed by atoms with Crippen LogP contribution in [-0.4, -0.2) is 39.1 Å². The van der Waals surface area contributed by atoms with Crippen molar-refractivity contribution in [3.8, 4) is 0 Å². The Hall–Kier alpha value is -0.810. The third-order valence-corrected chi connectivity index (χ3v) is 6.36. The van der Waals surface area contributed by atoms with Crippen molar-refractivity contribution in [2.45, 2.75) is 83.0 Å². The molecular formula is C20H34O4S. The molecule has 25 heavy (non-hydrogen) atoms. The van der Waals surface area contributed by atoms with Gasteiger partial charge < -0.3 is 10.2 Å². The second kappa shape index (κ2) is 12.5. The fourth-order valence-electron chi connectivity index (χ4n) is 3.14. The molecule has 0 saturated carbocycles. The van der Waals surface area contributed by atoms with E-state index >= 15 is 0 Å². The quantitative estimate of drug-likeness (QED) is 0.442. The summed E-state index contributed by atoms with van der Waals surface area (Å²) in [6.07, 6.45) is 12.0. The zero-order valence-corrected chi connectivity index (χ0v) is 16.5. The zero-order valence-electron chi connectivity index (χ0n) is 15.7. The number of allylic oxidation sites excluding steroid dienone is 1. The number of thioether (sulfide) groups is 1. The Kier molecular flexibility index (Phi) is 11.1. The number of hydrogen-bond donors (Lipinski definition) is 2. The van der Waals surface area contributed by atoms with Gasteiger partial charge in [-0.25, -0.2) is 0 Å². The van der Waals surface area contributed by atoms with E-state index in [2.05, 4.69) is 6.92 Å². The Balaban J connectivity index is 2.23. The number of aliphatic hydroxyl groups excluding tert-OH is 1. The topological polar surface area (TPSA) is 74.6 Å². The number of carbonyl (C=O) groups excluding carboxylic acids is 1. The first kappa shape index (κ1) is 22.2. The minimum absolute atomic E-state index is 0.0322. The molecule has 0 bridgehead atoms. The average Bonchev–Trinajstić information content (AvgIpc) is 2.92. The highest BCUT2D eigenvalue weighted by molar-refractivity contribution is 8.00. The van der Waals surface area contributed by atoms with Crippen LogP contribution in [0, 0.1) is 11.8 Å². The van der Waals surface area contributed by atoms with Crippen LogP contribution in [0.3, 0.4) is 0 Å². The first-order chi connectivity index (χ1) is 12.0. The van der Waals surface area contributed by atoms with E-state index in [9.17, 15) is 14.7 Å². The van der Waals surface area contributed by atoms with Crippen molar-refractivity contribution in [2.75, 3.05) is 5.75 Å². The maximum absolute atomic E-state index is 12.1. The van der Waals surface area contributed by atoms with Gasteiger partial charge in [-0.1, -0.05) is 58.4 Å². The highest BCUT2D eigenvalue weighted by atomic mass is 32.2. The van der Waals surface area contributed by atoms with E-state index in [-0.39, 0.29) is 29.0 Å². The second-order valence-electron chi connectivity index (χ2n) is 7.19. The minimum Gasteiger partial charge on any atom is -0.481 e. The van der Waals surface area contributed by atoms with Crippen molar-refractivity contribution in [2.24, 2.45) is 11.8 Å². The van der Waals surface area contributed by atoms with E-state index in [0.29, 0.717) is 12.2 Å². The number of unbranched alkanes of at least 4 members (excludes halogenated alkanes) is 4. The molecule has 144 valence electrons. The van der Waals surface area contributed by atoms with Gasteiger partial charge in [-0.2, -0.15) is 11.8 Å². The van der Waals surface area contributed by atoms with Crippen molar-refractivity contribution in [3.63, 3.8) is 0 Å². The van der Waals surface area contributed by atoms with Gasteiger partial charge >= 0.3 is 5.97 Å². The molecule has 1 aliphatic rings. The molecule has 0 radical (unpaired) electrons. The van der Waals surface area contributed by atoms with Crippen LogP contribution in [-0.2, 0) is 9.59 Å². The fraction of sp³-hybridized carbons (Fsp3) is 0.800. The van der Waals surface area contributed by atoms with Gasteiger partial charge in [-0.15, -0.1) is 0 Å². The maximum atomic E-state index is 12.1. The average molecular weight is 371 g/mol. The molecule has 1 aliphatic carbocycles. The number of carboxylic acids is 1. The number of aliphatic carboxylic acids is 1. The molecule has 0 spiro atoms. The minimum atomic E-state index is -0.732. The summed E-state index contributed by atoms with van der Waals surface area (Å²) in [6, 6.07) is 0. The van der Waals surface area contributed by atoms with Crippen molar-refractivity contribution in [1.82, 2.24) is 0 Å². The molecule has 0 aliphatic heterocycles. The maximum Gasteiger partial charge on any atom is 0.306 e. The van der Waals surface area contributed by atoms with Crippen LogP contribution < -0.4 is 0 Å². The van der Waals surface area contributed by atoms with Crippen molar-refractivity contribution >= 4 is 23.5 Å². The lowest BCUT2D eigenvalue weighted by molar-refractivity contribution is -0.141. The van der Waals surface area contributed by atoms with E-state index in [1.807, 2.05) is 6.08 Å². The van der Waals surface area contributed by atoms with Gasteiger partial charge in [-0.05, 0) is 25.3 Å². The molecule has 0 saturated heterocycles. The number of ketones is 1. The number of carbonyl (C=O) groups is 2. The predicted molar refractivity (Wildman–Crippen MR) is 104 cm³/mol. The van der Waals surface area contributed by atoms with Crippen LogP contribution in [0.25, 0.3) is 0 Å². The van der Waals surface area contributed by atoms with Crippen LogP contribution in [0.1, 0.15) is 71.6 Å². The van der Waals surface area contributed by atoms with Gasteiger partial charge in [-0.3, -0.25) is 9.59 Å². The van der Waals surface area contributed by atoms with Crippen molar-refractivity contribution < 1.29 is 19.8 Å². The first-order valence-corrected chi connectivity index (χ1v) is 10.7. The summed E-state index contributed by atoms with van der Waals surface area (Å²) in [4.78, 5) is 22.9. The monoisotopic (exact) mass is 370 g/mol. The Labute approximate surface area is 156 Å². The van der Waals surface area contributed by atoms with Crippen LogP contribution in [0.4, 0.5) is 0 Å². The van der Waals surface area contributed by atoms with E-state index in [0.717, 1.165) is 51.4 Å². The van der Waals surface area contributed by atoms with Gasteiger partial charge in [0.05, 0.1) is 12.0 Å². The van der Waals surface area contributed by atoms with Gasteiger partial charge in [0.2, 0.25) is 0 Å². The van der Waals surface area contributed by atoms with Gasteiger partial charge in [0.1, 0.15) is 0 Å². The van der Waals surface area contributed by atoms with Crippen LogP contribution in [0.15, 0.2) is 12.2 Å². The molecule has 0 fully saturated rings. The molecule has 0 aromatic rings. The Morgan fingerprint density at radius 1 is 1.20 bits per heavy atom. The SMILES string of the molecule is CCCCCC(O)CSC1C=CC(=O)C1CCCCCC(C)C(=O)O. The molecular weight excluding hydrogens is 336 g/mol. The number of hydrogen-bond acceptors (Lipinski definition) is 4. The second-order valence-corrected chi connectivity index (χ2v) is 8.40. The number of carboxylic acid groups (broad SMARTS) is 1. The van der Waals surface area contributed by atoms with Gasteiger partial charge in [0.15, 0.2) is 5.78 Å². The zero-order chi connectivity index (χ0) is 18.7. The number of aliphatic hydroxyl groups is 1.